The third-order valence-corrected chi connectivity index (χ3v) is 3.77. The molecule has 24 heavy (non-hydrogen) atoms. The van der Waals surface area contributed by atoms with E-state index in [-0.39, 0.29) is 11.7 Å². The number of aromatic hydroxyl groups is 1. The molecule has 0 saturated heterocycles. The average molecular weight is 318 g/mol. The SMILES string of the molecule is Nc1ccc(Cc2ccccc2NC(=O)c2ccc(O)cc2)cc1. The molecule has 3 aromatic carbocycles. The monoisotopic (exact) mass is 318 g/mol. The van der Waals surface area contributed by atoms with Crippen molar-refractivity contribution in [3.05, 3.63) is 89.5 Å². The zero-order chi connectivity index (χ0) is 16.9. The van der Waals surface area contributed by atoms with Crippen molar-refractivity contribution in [2.45, 2.75) is 6.42 Å². The predicted molar refractivity (Wildman–Crippen MR) is 96.2 cm³/mol. The van der Waals surface area contributed by atoms with Gasteiger partial charge in [-0.2, -0.15) is 0 Å². The average Bonchev–Trinajstić information content (AvgIpc) is 2.59. The Balaban J connectivity index is 1.79. The molecule has 3 aromatic rings. The van der Waals surface area contributed by atoms with Crippen molar-refractivity contribution in [3.8, 4) is 5.75 Å². The quantitative estimate of drug-likeness (QED) is 0.640. The van der Waals surface area contributed by atoms with E-state index in [0.29, 0.717) is 12.0 Å². The Bertz CT molecular complexity index is 840. The van der Waals surface area contributed by atoms with Gasteiger partial charge >= 0.3 is 0 Å². The van der Waals surface area contributed by atoms with E-state index in [0.717, 1.165) is 22.5 Å². The number of benzene rings is 3. The fraction of sp³-hybridized carbons (Fsp3) is 0.0500. The number of amides is 1. The highest BCUT2D eigenvalue weighted by molar-refractivity contribution is 6.04. The number of para-hydroxylation sites is 1. The van der Waals surface area contributed by atoms with Crippen LogP contribution in [0.15, 0.2) is 72.8 Å². The van der Waals surface area contributed by atoms with Crippen LogP contribution in [0.1, 0.15) is 21.5 Å². The minimum atomic E-state index is -0.209. The van der Waals surface area contributed by atoms with Crippen molar-refractivity contribution in [2.24, 2.45) is 0 Å². The smallest absolute Gasteiger partial charge is 0.255 e. The molecule has 0 unspecified atom stereocenters. The Hall–Kier alpha value is -3.27. The Morgan fingerprint density at radius 3 is 2.29 bits per heavy atom. The van der Waals surface area contributed by atoms with Gasteiger partial charge in [0.15, 0.2) is 0 Å². The molecule has 0 aliphatic carbocycles. The third-order valence-electron chi connectivity index (χ3n) is 3.77. The van der Waals surface area contributed by atoms with Gasteiger partial charge in [0.25, 0.3) is 5.91 Å². The second-order valence-corrected chi connectivity index (χ2v) is 5.58. The fourth-order valence-corrected chi connectivity index (χ4v) is 2.46. The zero-order valence-corrected chi connectivity index (χ0v) is 13.1. The molecule has 4 heteroatoms. The largest absolute Gasteiger partial charge is 0.508 e. The molecular weight excluding hydrogens is 300 g/mol. The molecule has 0 aliphatic rings. The molecule has 0 aromatic heterocycles. The maximum Gasteiger partial charge on any atom is 0.255 e. The van der Waals surface area contributed by atoms with Gasteiger partial charge < -0.3 is 16.2 Å². The molecule has 0 spiro atoms. The van der Waals surface area contributed by atoms with E-state index in [1.54, 1.807) is 12.1 Å². The Morgan fingerprint density at radius 2 is 1.58 bits per heavy atom. The van der Waals surface area contributed by atoms with E-state index in [9.17, 15) is 9.90 Å². The molecule has 3 rings (SSSR count). The highest BCUT2D eigenvalue weighted by atomic mass is 16.3. The highest BCUT2D eigenvalue weighted by Crippen LogP contribution is 2.21. The zero-order valence-electron chi connectivity index (χ0n) is 13.1. The maximum atomic E-state index is 12.4. The van der Waals surface area contributed by atoms with E-state index in [2.05, 4.69) is 5.32 Å². The van der Waals surface area contributed by atoms with Gasteiger partial charge in [-0.1, -0.05) is 30.3 Å². The molecule has 0 atom stereocenters. The topological polar surface area (TPSA) is 75.3 Å². The normalized spacial score (nSPS) is 10.3. The number of phenols is 1. The minimum absolute atomic E-state index is 0.135. The molecule has 0 saturated carbocycles. The second kappa shape index (κ2) is 6.87. The standard InChI is InChI=1S/C20H18N2O2/c21-17-9-5-14(6-10-17)13-16-3-1-2-4-19(16)22-20(24)15-7-11-18(23)12-8-15/h1-12,23H,13,21H2,(H,22,24). The number of carbonyl (C=O) groups is 1. The number of anilines is 2. The first kappa shape index (κ1) is 15.6. The number of nitrogens with two attached hydrogens (primary N) is 1. The van der Waals surface area contributed by atoms with Crippen LogP contribution in [-0.4, -0.2) is 11.0 Å². The molecule has 0 radical (unpaired) electrons. The molecule has 0 aliphatic heterocycles. The molecule has 120 valence electrons. The number of hydrogen-bond acceptors (Lipinski definition) is 3. The maximum absolute atomic E-state index is 12.4. The first-order chi connectivity index (χ1) is 11.6. The lowest BCUT2D eigenvalue weighted by Gasteiger charge is -2.11. The van der Waals surface area contributed by atoms with Crippen LogP contribution in [0.2, 0.25) is 0 Å². The fourth-order valence-electron chi connectivity index (χ4n) is 2.46. The van der Waals surface area contributed by atoms with Crippen molar-refractivity contribution in [2.75, 3.05) is 11.1 Å². The Morgan fingerprint density at radius 1 is 0.917 bits per heavy atom. The van der Waals surface area contributed by atoms with Gasteiger partial charge in [-0.15, -0.1) is 0 Å². The van der Waals surface area contributed by atoms with E-state index >= 15 is 0 Å². The first-order valence-electron chi connectivity index (χ1n) is 7.64. The first-order valence-corrected chi connectivity index (χ1v) is 7.64. The van der Waals surface area contributed by atoms with Gasteiger partial charge in [-0.3, -0.25) is 4.79 Å². The van der Waals surface area contributed by atoms with Gasteiger partial charge in [0, 0.05) is 16.9 Å². The van der Waals surface area contributed by atoms with E-state index in [1.165, 1.54) is 12.1 Å². The summed E-state index contributed by atoms with van der Waals surface area (Å²) in [5.41, 5.74) is 9.86. The van der Waals surface area contributed by atoms with Crippen molar-refractivity contribution >= 4 is 17.3 Å². The summed E-state index contributed by atoms with van der Waals surface area (Å²) in [5, 5.41) is 12.2. The summed E-state index contributed by atoms with van der Waals surface area (Å²) in [6, 6.07) is 21.6. The number of nitrogens with one attached hydrogen (secondary N) is 1. The van der Waals surface area contributed by atoms with Crippen LogP contribution in [0.3, 0.4) is 0 Å². The van der Waals surface area contributed by atoms with Crippen LogP contribution in [0.25, 0.3) is 0 Å². The molecule has 0 heterocycles. The van der Waals surface area contributed by atoms with E-state index in [4.69, 9.17) is 5.73 Å². The van der Waals surface area contributed by atoms with Crippen LogP contribution < -0.4 is 11.1 Å². The van der Waals surface area contributed by atoms with Gasteiger partial charge in [0.1, 0.15) is 5.75 Å². The lowest BCUT2D eigenvalue weighted by atomic mass is 10.0. The van der Waals surface area contributed by atoms with Crippen LogP contribution in [-0.2, 0) is 6.42 Å². The Labute approximate surface area is 140 Å². The number of phenolic OH excluding ortho intramolecular Hbond substituents is 1. The van der Waals surface area contributed by atoms with Gasteiger partial charge in [-0.25, -0.2) is 0 Å². The summed E-state index contributed by atoms with van der Waals surface area (Å²) in [7, 11) is 0. The molecule has 4 N–H and O–H groups in total. The highest BCUT2D eigenvalue weighted by Gasteiger charge is 2.09. The summed E-state index contributed by atoms with van der Waals surface area (Å²) in [6.07, 6.45) is 0.701. The lowest BCUT2D eigenvalue weighted by Crippen LogP contribution is -2.13. The van der Waals surface area contributed by atoms with Gasteiger partial charge in [0.05, 0.1) is 0 Å². The molecular formula is C20H18N2O2. The van der Waals surface area contributed by atoms with Crippen molar-refractivity contribution in [3.63, 3.8) is 0 Å². The minimum Gasteiger partial charge on any atom is -0.508 e. The van der Waals surface area contributed by atoms with Crippen LogP contribution >= 0.6 is 0 Å². The number of nitrogen functional groups attached to an aromatic ring is 1. The van der Waals surface area contributed by atoms with Crippen LogP contribution in [0.4, 0.5) is 11.4 Å². The molecule has 0 fully saturated rings. The third kappa shape index (κ3) is 3.73. The number of carbonyl (C=O) groups excluding carboxylic acids is 1. The number of rotatable bonds is 4. The molecule has 4 nitrogen and oxygen atoms in total. The summed E-state index contributed by atoms with van der Waals surface area (Å²) in [6.45, 7) is 0. The second-order valence-electron chi connectivity index (χ2n) is 5.58. The van der Waals surface area contributed by atoms with Crippen molar-refractivity contribution < 1.29 is 9.90 Å². The lowest BCUT2D eigenvalue weighted by molar-refractivity contribution is 0.102. The van der Waals surface area contributed by atoms with E-state index in [1.807, 2.05) is 48.5 Å². The Kier molecular flexibility index (Phi) is 4.47. The van der Waals surface area contributed by atoms with Gasteiger partial charge in [0.2, 0.25) is 0 Å². The van der Waals surface area contributed by atoms with Crippen molar-refractivity contribution in [1.82, 2.24) is 0 Å². The van der Waals surface area contributed by atoms with E-state index < -0.39 is 0 Å². The summed E-state index contributed by atoms with van der Waals surface area (Å²) >= 11 is 0. The number of hydrogen-bond donors (Lipinski definition) is 3. The predicted octanol–water partition coefficient (Wildman–Crippen LogP) is 3.82. The van der Waals surface area contributed by atoms with Crippen LogP contribution in [0.5, 0.6) is 5.75 Å². The molecule has 0 bridgehead atoms. The van der Waals surface area contributed by atoms with Crippen LogP contribution in [0, 0.1) is 0 Å². The van der Waals surface area contributed by atoms with Crippen molar-refractivity contribution in [1.29, 1.82) is 0 Å². The van der Waals surface area contributed by atoms with Gasteiger partial charge in [-0.05, 0) is 60.0 Å². The summed E-state index contributed by atoms with van der Waals surface area (Å²) < 4.78 is 0. The summed E-state index contributed by atoms with van der Waals surface area (Å²) in [5.74, 6) is -0.0740. The molecule has 1 amide bonds. The summed E-state index contributed by atoms with van der Waals surface area (Å²) in [4.78, 5) is 12.4.